The van der Waals surface area contributed by atoms with Gasteiger partial charge in [0.1, 0.15) is 12.3 Å². The molecule has 0 aromatic carbocycles. The Hall–Kier alpha value is -1.82. The second-order valence-corrected chi connectivity index (χ2v) is 14.5. The summed E-state index contributed by atoms with van der Waals surface area (Å²) in [4.78, 5) is 33.0. The van der Waals surface area contributed by atoms with Crippen LogP contribution in [0.4, 0.5) is 13.6 Å². The minimum atomic E-state index is -1.25. The molecule has 3 amide bonds. The van der Waals surface area contributed by atoms with Gasteiger partial charge >= 0.3 is 6.03 Å². The second kappa shape index (κ2) is 11.8. The summed E-state index contributed by atoms with van der Waals surface area (Å²) in [6, 6.07) is -0.574. The minimum absolute atomic E-state index is 0.0584. The summed E-state index contributed by atoms with van der Waals surface area (Å²) in [7, 11) is 0. The summed E-state index contributed by atoms with van der Waals surface area (Å²) in [5, 5.41) is 10.7. The van der Waals surface area contributed by atoms with Crippen molar-refractivity contribution in [1.82, 2.24) is 30.7 Å². The lowest BCUT2D eigenvalue weighted by Gasteiger charge is -2.61. The Morgan fingerprint density at radius 2 is 1.91 bits per heavy atom. The molecule has 2 bridgehead atoms. The zero-order valence-electron chi connectivity index (χ0n) is 25.7. The summed E-state index contributed by atoms with van der Waals surface area (Å²) in [6.45, 7) is 10.8. The average molecular weight is 605 g/mol. The molecular weight excluding hydrogens is 554 g/mol. The predicted molar refractivity (Wildman–Crippen MR) is 158 cm³/mol. The van der Waals surface area contributed by atoms with Crippen LogP contribution in [0.1, 0.15) is 65.2 Å². The van der Waals surface area contributed by atoms with Gasteiger partial charge in [0.2, 0.25) is 5.91 Å². The molecule has 9 nitrogen and oxygen atoms in total. The number of nitrogens with zero attached hydrogens (tertiary/aromatic N) is 3. The number of likely N-dealkylation sites (tertiary alicyclic amines) is 2. The molecule has 3 N–H and O–H groups in total. The molecule has 1 saturated carbocycles. The van der Waals surface area contributed by atoms with E-state index in [2.05, 4.69) is 41.3 Å². The third-order valence-corrected chi connectivity index (χ3v) is 12.1. The molecule has 0 radical (unpaired) electrons. The molecule has 6 aliphatic heterocycles. The zero-order chi connectivity index (χ0) is 30.0. The molecule has 6 saturated heterocycles. The number of urea groups is 1. The Kier molecular flexibility index (Phi) is 8.22. The molecule has 1 aliphatic carbocycles. The standard InChI is InChI=1S/C32H50F2N6O3/c1-4-25(41)38-13-11-22-23(38)16-39(22)30-19-15-21(34)28-26-20(33)8-5-9-24(26)43-14-6-7-18-10-12-35-27(17(2)3)29(18)40(31(19)36-28)32(42)37-30/h4,17-24,26-31,35-36H,1,5-16H2,2-3H3,(H,37,42)/t18?,19?,20?,21?,22-,23-,24?,26?,27?,28?,29?,30?,31?/m0/s1. The number of nitrogens with one attached hydrogen (secondary N) is 3. The summed E-state index contributed by atoms with van der Waals surface area (Å²) in [5.41, 5.74) is 0. The maximum Gasteiger partial charge on any atom is 0.320 e. The molecule has 7 fully saturated rings. The minimum Gasteiger partial charge on any atom is -0.378 e. The molecular formula is C32H50F2N6O3. The van der Waals surface area contributed by atoms with Gasteiger partial charge in [-0.15, -0.1) is 0 Å². The highest BCUT2D eigenvalue weighted by Crippen LogP contribution is 2.45. The predicted octanol–water partition coefficient (Wildman–Crippen LogP) is 2.77. The van der Waals surface area contributed by atoms with Crippen molar-refractivity contribution in [1.29, 1.82) is 0 Å². The van der Waals surface area contributed by atoms with E-state index in [0.29, 0.717) is 38.0 Å². The van der Waals surface area contributed by atoms with Crippen LogP contribution in [0.5, 0.6) is 0 Å². The number of hydrogen-bond donors (Lipinski definition) is 3. The van der Waals surface area contributed by atoms with Gasteiger partial charge in [0.15, 0.2) is 0 Å². The summed E-state index contributed by atoms with van der Waals surface area (Å²) < 4.78 is 38.6. The Balaban J connectivity index is 1.24. The molecule has 7 aliphatic rings. The number of ether oxygens (including phenoxy) is 1. The zero-order valence-corrected chi connectivity index (χ0v) is 25.7. The lowest BCUT2D eigenvalue weighted by Crippen LogP contribution is -2.81. The first-order chi connectivity index (χ1) is 20.8. The molecule has 7 rings (SSSR count). The summed E-state index contributed by atoms with van der Waals surface area (Å²) in [6.07, 6.45) is 3.67. The molecule has 11 heteroatoms. The Morgan fingerprint density at radius 3 is 2.70 bits per heavy atom. The highest BCUT2D eigenvalue weighted by molar-refractivity contribution is 5.87. The molecule has 0 aromatic rings. The van der Waals surface area contributed by atoms with Crippen LogP contribution in [0.25, 0.3) is 0 Å². The van der Waals surface area contributed by atoms with Crippen LogP contribution >= 0.6 is 0 Å². The Labute approximate surface area is 254 Å². The van der Waals surface area contributed by atoms with E-state index in [4.69, 9.17) is 4.74 Å². The van der Waals surface area contributed by atoms with E-state index in [1.54, 1.807) is 0 Å². The van der Waals surface area contributed by atoms with Gasteiger partial charge in [-0.05, 0) is 75.8 Å². The van der Waals surface area contributed by atoms with Crippen molar-refractivity contribution in [2.24, 2.45) is 23.7 Å². The van der Waals surface area contributed by atoms with Crippen molar-refractivity contribution in [3.63, 3.8) is 0 Å². The van der Waals surface area contributed by atoms with Gasteiger partial charge in [0, 0.05) is 49.7 Å². The number of amides is 3. The Morgan fingerprint density at radius 1 is 1.07 bits per heavy atom. The van der Waals surface area contributed by atoms with Crippen molar-refractivity contribution in [2.45, 2.75) is 126 Å². The first-order valence-electron chi connectivity index (χ1n) is 16.9. The third-order valence-electron chi connectivity index (χ3n) is 12.1. The van der Waals surface area contributed by atoms with E-state index < -0.39 is 30.5 Å². The number of halogens is 2. The van der Waals surface area contributed by atoms with E-state index in [1.165, 1.54) is 6.08 Å². The first kappa shape index (κ1) is 29.9. The fourth-order valence-corrected chi connectivity index (χ4v) is 10.1. The molecule has 11 unspecified atom stereocenters. The number of alkyl halides is 2. The highest BCUT2D eigenvalue weighted by Gasteiger charge is 2.60. The molecule has 0 aromatic heterocycles. The quantitative estimate of drug-likeness (QED) is 0.430. The number of carbonyl (C=O) groups excluding carboxylic acids is 2. The maximum atomic E-state index is 16.5. The number of piperidine rings is 2. The number of hydrogen-bond acceptors (Lipinski definition) is 6. The van der Waals surface area contributed by atoms with Crippen LogP contribution in [0.3, 0.4) is 0 Å². The molecule has 13 atom stereocenters. The fourth-order valence-electron chi connectivity index (χ4n) is 10.1. The van der Waals surface area contributed by atoms with Crippen molar-refractivity contribution < 1.29 is 23.1 Å². The smallest absolute Gasteiger partial charge is 0.320 e. The van der Waals surface area contributed by atoms with Crippen LogP contribution in [-0.4, -0.2) is 114 Å². The third kappa shape index (κ3) is 5.00. The molecule has 240 valence electrons. The van der Waals surface area contributed by atoms with Gasteiger partial charge in [-0.2, -0.15) is 0 Å². The number of fused-ring (bicyclic) bond motifs is 6. The van der Waals surface area contributed by atoms with Crippen molar-refractivity contribution in [3.8, 4) is 0 Å². The van der Waals surface area contributed by atoms with E-state index >= 15 is 8.78 Å². The van der Waals surface area contributed by atoms with Crippen LogP contribution < -0.4 is 16.0 Å². The van der Waals surface area contributed by atoms with Crippen LogP contribution in [0, 0.1) is 23.7 Å². The van der Waals surface area contributed by atoms with Crippen molar-refractivity contribution in [3.05, 3.63) is 12.7 Å². The monoisotopic (exact) mass is 604 g/mol. The normalized spacial score (nSPS) is 46.8. The summed E-state index contributed by atoms with van der Waals surface area (Å²) in [5.74, 6) is -0.251. The highest BCUT2D eigenvalue weighted by atomic mass is 19.1. The Bertz CT molecular complexity index is 1080. The van der Waals surface area contributed by atoms with Gasteiger partial charge in [0.05, 0.1) is 30.5 Å². The van der Waals surface area contributed by atoms with Crippen LogP contribution in [0.15, 0.2) is 12.7 Å². The number of carbonyl (C=O) groups is 2. The van der Waals surface area contributed by atoms with Gasteiger partial charge in [0.25, 0.3) is 0 Å². The average Bonchev–Trinajstić information content (AvgIpc) is 3.30. The lowest BCUT2D eigenvalue weighted by atomic mass is 9.72. The molecule has 6 heterocycles. The van der Waals surface area contributed by atoms with Gasteiger partial charge in [-0.25, -0.2) is 13.6 Å². The van der Waals surface area contributed by atoms with Gasteiger partial charge < -0.3 is 25.2 Å². The SMILES string of the molecule is C=CC(=O)N1CC[C@H]2[C@@H]1CN2C1NC(=O)N2C3NC(C(F)CC31)C1C(F)CCCC1OCCCC1CCNC(C(C)C)C12. The first-order valence-corrected chi connectivity index (χ1v) is 16.9. The van der Waals surface area contributed by atoms with E-state index in [1.807, 2.05) is 9.80 Å². The number of rotatable bonds is 3. The van der Waals surface area contributed by atoms with Crippen LogP contribution in [-0.2, 0) is 9.53 Å². The molecule has 0 spiro atoms. The topological polar surface area (TPSA) is 89.2 Å². The van der Waals surface area contributed by atoms with Gasteiger partial charge in [-0.3, -0.25) is 15.0 Å². The lowest BCUT2D eigenvalue weighted by molar-refractivity contribution is -0.141. The van der Waals surface area contributed by atoms with E-state index in [9.17, 15) is 9.59 Å². The van der Waals surface area contributed by atoms with E-state index in [-0.39, 0.29) is 60.7 Å². The summed E-state index contributed by atoms with van der Waals surface area (Å²) >= 11 is 0. The second-order valence-electron chi connectivity index (χ2n) is 14.5. The largest absolute Gasteiger partial charge is 0.378 e. The van der Waals surface area contributed by atoms with E-state index in [0.717, 1.165) is 45.1 Å². The fraction of sp³-hybridized carbons (Fsp3) is 0.875. The van der Waals surface area contributed by atoms with Crippen molar-refractivity contribution in [2.75, 3.05) is 26.2 Å². The van der Waals surface area contributed by atoms with Gasteiger partial charge in [-0.1, -0.05) is 20.4 Å². The maximum absolute atomic E-state index is 16.5. The van der Waals surface area contributed by atoms with Crippen molar-refractivity contribution >= 4 is 11.9 Å². The molecule has 43 heavy (non-hydrogen) atoms. The van der Waals surface area contributed by atoms with Crippen LogP contribution in [0.2, 0.25) is 0 Å².